The Labute approximate surface area is 198 Å². The van der Waals surface area contributed by atoms with Crippen LogP contribution < -0.4 is 14.5 Å². The maximum absolute atomic E-state index is 12.3. The number of hydrazone groups is 1. The van der Waals surface area contributed by atoms with Crippen molar-refractivity contribution in [2.24, 2.45) is 5.10 Å². The topological polar surface area (TPSA) is 105 Å². The Kier molecular flexibility index (Phi) is 8.15. The van der Waals surface area contributed by atoms with Gasteiger partial charge in [0.25, 0.3) is 5.91 Å². The first kappa shape index (κ1) is 24.7. The van der Waals surface area contributed by atoms with E-state index in [-0.39, 0.29) is 0 Å². The van der Waals surface area contributed by atoms with Crippen LogP contribution in [-0.2, 0) is 21.2 Å². The van der Waals surface area contributed by atoms with Crippen LogP contribution in [0.1, 0.15) is 28.4 Å². The van der Waals surface area contributed by atoms with Gasteiger partial charge in [0.15, 0.2) is 0 Å². The van der Waals surface area contributed by atoms with Crippen molar-refractivity contribution in [1.29, 1.82) is 0 Å². The highest BCUT2D eigenvalue weighted by atomic mass is 32.2. The zero-order chi connectivity index (χ0) is 24.6. The van der Waals surface area contributed by atoms with Crippen molar-refractivity contribution in [2.45, 2.75) is 13.3 Å². The summed E-state index contributed by atoms with van der Waals surface area (Å²) >= 11 is 0. The number of sulfonamides is 1. The second-order valence-electron chi connectivity index (χ2n) is 7.41. The molecule has 0 fully saturated rings. The number of rotatable bonds is 9. The van der Waals surface area contributed by atoms with Crippen LogP contribution in [0.2, 0.25) is 0 Å². The summed E-state index contributed by atoms with van der Waals surface area (Å²) in [7, 11) is -3.67. The normalized spacial score (nSPS) is 11.2. The molecule has 0 radical (unpaired) electrons. The lowest BCUT2D eigenvalue weighted by molar-refractivity contribution is -0.119. The number of nitrogens with zero attached hydrogens (tertiary/aromatic N) is 2. The molecule has 9 heteroatoms. The predicted octanol–water partition coefficient (Wildman–Crippen LogP) is 3.38. The van der Waals surface area contributed by atoms with Crippen molar-refractivity contribution in [3.63, 3.8) is 0 Å². The van der Waals surface area contributed by atoms with Crippen LogP contribution in [0.4, 0.5) is 5.69 Å². The number of carbonyl (C=O) groups excluding carboxylic acids is 2. The number of nitrogens with one attached hydrogen (secondary N) is 1. The third-order valence-electron chi connectivity index (χ3n) is 4.82. The summed E-state index contributed by atoms with van der Waals surface area (Å²) in [4.78, 5) is 24.4. The standard InChI is InChI=1S/C25H25N3O5S/c1-3-19-9-13-22(14-10-19)28(34(2,31)32)18-24(29)27-26-17-20-11-15-23(16-12-20)33-25(30)21-7-5-4-6-8-21/h4-17H,3,18H2,1-2H3,(H,27,29)/b26-17-. The van der Waals surface area contributed by atoms with Crippen LogP contribution in [-0.4, -0.2) is 39.3 Å². The molecule has 3 rings (SSSR count). The van der Waals surface area contributed by atoms with E-state index in [0.717, 1.165) is 22.5 Å². The van der Waals surface area contributed by atoms with Crippen molar-refractivity contribution in [3.05, 3.63) is 95.6 Å². The smallest absolute Gasteiger partial charge is 0.343 e. The maximum Gasteiger partial charge on any atom is 0.343 e. The SMILES string of the molecule is CCc1ccc(N(CC(=O)N/N=C\c2ccc(OC(=O)c3ccccc3)cc2)S(C)(=O)=O)cc1. The molecule has 0 aromatic heterocycles. The molecule has 0 atom stereocenters. The second kappa shape index (κ2) is 11.2. The zero-order valence-electron chi connectivity index (χ0n) is 18.8. The second-order valence-corrected chi connectivity index (χ2v) is 9.31. The molecule has 0 bridgehead atoms. The molecule has 0 unspecified atom stereocenters. The molecule has 0 saturated carbocycles. The molecule has 0 aliphatic carbocycles. The Morgan fingerprint density at radius 2 is 1.62 bits per heavy atom. The first-order chi connectivity index (χ1) is 16.3. The number of hydrogen-bond acceptors (Lipinski definition) is 6. The number of carbonyl (C=O) groups is 2. The summed E-state index contributed by atoms with van der Waals surface area (Å²) in [5.41, 5.74) is 4.89. The Hall–Kier alpha value is -3.98. The summed E-state index contributed by atoms with van der Waals surface area (Å²) < 4.78 is 30.7. The van der Waals surface area contributed by atoms with Gasteiger partial charge >= 0.3 is 5.97 Å². The van der Waals surface area contributed by atoms with E-state index in [1.165, 1.54) is 6.21 Å². The maximum atomic E-state index is 12.3. The molecule has 1 N–H and O–H groups in total. The number of esters is 1. The highest BCUT2D eigenvalue weighted by Crippen LogP contribution is 2.18. The van der Waals surface area contributed by atoms with Gasteiger partial charge in [-0.3, -0.25) is 9.10 Å². The lowest BCUT2D eigenvalue weighted by Crippen LogP contribution is -2.39. The number of benzene rings is 3. The molecule has 34 heavy (non-hydrogen) atoms. The molecule has 3 aromatic carbocycles. The van der Waals surface area contributed by atoms with Gasteiger partial charge in [0.05, 0.1) is 23.7 Å². The number of hydrogen-bond donors (Lipinski definition) is 1. The fraction of sp³-hybridized carbons (Fsp3) is 0.160. The molecule has 3 aromatic rings. The molecular weight excluding hydrogens is 454 g/mol. The number of amides is 1. The van der Waals surface area contributed by atoms with Crippen LogP contribution in [0.25, 0.3) is 0 Å². The predicted molar refractivity (Wildman–Crippen MR) is 132 cm³/mol. The quantitative estimate of drug-likeness (QED) is 0.219. The minimum Gasteiger partial charge on any atom is -0.423 e. The largest absolute Gasteiger partial charge is 0.423 e. The van der Waals surface area contributed by atoms with E-state index in [9.17, 15) is 18.0 Å². The van der Waals surface area contributed by atoms with E-state index in [0.29, 0.717) is 22.6 Å². The molecule has 176 valence electrons. The van der Waals surface area contributed by atoms with Gasteiger partial charge in [-0.1, -0.05) is 37.3 Å². The monoisotopic (exact) mass is 479 g/mol. The van der Waals surface area contributed by atoms with E-state index in [4.69, 9.17) is 4.74 Å². The fourth-order valence-corrected chi connectivity index (χ4v) is 3.86. The van der Waals surface area contributed by atoms with Crippen LogP contribution in [0, 0.1) is 0 Å². The van der Waals surface area contributed by atoms with Gasteiger partial charge in [0.2, 0.25) is 10.0 Å². The lowest BCUT2D eigenvalue weighted by Gasteiger charge is -2.21. The summed E-state index contributed by atoms with van der Waals surface area (Å²) in [6.07, 6.45) is 3.27. The molecule has 0 aliphatic heterocycles. The van der Waals surface area contributed by atoms with E-state index in [2.05, 4.69) is 10.5 Å². The lowest BCUT2D eigenvalue weighted by atomic mass is 10.1. The van der Waals surface area contributed by atoms with E-state index in [1.54, 1.807) is 60.7 Å². The average molecular weight is 480 g/mol. The van der Waals surface area contributed by atoms with Crippen molar-refractivity contribution < 1.29 is 22.7 Å². The molecule has 1 amide bonds. The van der Waals surface area contributed by atoms with Gasteiger partial charge in [0, 0.05) is 0 Å². The first-order valence-electron chi connectivity index (χ1n) is 10.5. The molecule has 0 heterocycles. The highest BCUT2D eigenvalue weighted by molar-refractivity contribution is 7.92. The van der Waals surface area contributed by atoms with Crippen molar-refractivity contribution in [3.8, 4) is 5.75 Å². The van der Waals surface area contributed by atoms with E-state index < -0.39 is 28.4 Å². The third kappa shape index (κ3) is 7.01. The van der Waals surface area contributed by atoms with Gasteiger partial charge in [-0.05, 0) is 66.1 Å². The van der Waals surface area contributed by atoms with Crippen LogP contribution in [0.5, 0.6) is 5.75 Å². The summed E-state index contributed by atoms with van der Waals surface area (Å²) in [6.45, 7) is 1.59. The average Bonchev–Trinajstić information content (AvgIpc) is 2.83. The number of ether oxygens (including phenoxy) is 1. The van der Waals surface area contributed by atoms with Crippen molar-refractivity contribution in [1.82, 2.24) is 5.43 Å². The highest BCUT2D eigenvalue weighted by Gasteiger charge is 2.20. The van der Waals surface area contributed by atoms with Gasteiger partial charge in [-0.15, -0.1) is 0 Å². The van der Waals surface area contributed by atoms with Gasteiger partial charge in [-0.25, -0.2) is 18.6 Å². The zero-order valence-corrected chi connectivity index (χ0v) is 19.7. The van der Waals surface area contributed by atoms with Crippen LogP contribution >= 0.6 is 0 Å². The molecule has 8 nitrogen and oxygen atoms in total. The number of aryl methyl sites for hydroxylation is 1. The summed E-state index contributed by atoms with van der Waals surface area (Å²) in [6, 6.07) is 22.2. The fourth-order valence-electron chi connectivity index (χ4n) is 3.00. The molecule has 0 spiro atoms. The summed E-state index contributed by atoms with van der Waals surface area (Å²) in [5.74, 6) is -0.684. The molecule has 0 aliphatic rings. The van der Waals surface area contributed by atoms with E-state index in [1.807, 2.05) is 25.1 Å². The Morgan fingerprint density at radius 1 is 0.971 bits per heavy atom. The Balaban J connectivity index is 1.57. The van der Waals surface area contributed by atoms with Crippen LogP contribution in [0.3, 0.4) is 0 Å². The Morgan fingerprint density at radius 3 is 2.21 bits per heavy atom. The minimum absolute atomic E-state index is 0.368. The van der Waals surface area contributed by atoms with Crippen molar-refractivity contribution >= 4 is 33.8 Å². The Bertz CT molecular complexity index is 1260. The van der Waals surface area contributed by atoms with Gasteiger partial charge < -0.3 is 4.74 Å². The molecule has 0 saturated heterocycles. The van der Waals surface area contributed by atoms with Crippen molar-refractivity contribution in [2.75, 3.05) is 17.1 Å². The van der Waals surface area contributed by atoms with Gasteiger partial charge in [-0.2, -0.15) is 5.10 Å². The van der Waals surface area contributed by atoms with Crippen LogP contribution in [0.15, 0.2) is 84.0 Å². The minimum atomic E-state index is -3.67. The summed E-state index contributed by atoms with van der Waals surface area (Å²) in [5, 5.41) is 3.88. The third-order valence-corrected chi connectivity index (χ3v) is 5.96. The molecular formula is C25H25N3O5S. The van der Waals surface area contributed by atoms with E-state index >= 15 is 0 Å². The van der Waals surface area contributed by atoms with Gasteiger partial charge in [0.1, 0.15) is 12.3 Å². The number of anilines is 1. The first-order valence-corrected chi connectivity index (χ1v) is 12.4.